The first-order valence-electron chi connectivity index (χ1n) is 9.39. The smallest absolute Gasteiger partial charge is 0.363 e. The van der Waals surface area contributed by atoms with Crippen LogP contribution in [0.5, 0.6) is 11.5 Å². The third-order valence-electron chi connectivity index (χ3n) is 5.24. The van der Waals surface area contributed by atoms with E-state index < -0.39 is 0 Å². The van der Waals surface area contributed by atoms with Gasteiger partial charge in [-0.15, -0.1) is 0 Å². The minimum Gasteiger partial charge on any atom is -0.493 e. The van der Waals surface area contributed by atoms with Gasteiger partial charge in [0.25, 0.3) is 0 Å². The lowest BCUT2D eigenvalue weighted by molar-refractivity contribution is -0.130. The van der Waals surface area contributed by atoms with E-state index in [-0.39, 0.29) is 11.9 Å². The maximum absolute atomic E-state index is 12.2. The van der Waals surface area contributed by atoms with Crippen LogP contribution in [-0.4, -0.2) is 26.1 Å². The van der Waals surface area contributed by atoms with Crippen molar-refractivity contribution in [1.82, 2.24) is 0 Å². The van der Waals surface area contributed by atoms with Gasteiger partial charge in [0.2, 0.25) is 5.90 Å². The molecule has 5 heteroatoms. The van der Waals surface area contributed by atoms with Crippen molar-refractivity contribution in [3.8, 4) is 11.5 Å². The van der Waals surface area contributed by atoms with Crippen LogP contribution >= 0.6 is 0 Å². The third kappa shape index (κ3) is 4.09. The molecule has 1 fully saturated rings. The molecule has 1 saturated carbocycles. The van der Waals surface area contributed by atoms with Crippen LogP contribution < -0.4 is 9.47 Å². The van der Waals surface area contributed by atoms with Gasteiger partial charge in [0, 0.05) is 5.92 Å². The third-order valence-corrected chi connectivity index (χ3v) is 5.24. The number of rotatable bonds is 6. The molecule has 5 nitrogen and oxygen atoms in total. The van der Waals surface area contributed by atoms with Gasteiger partial charge < -0.3 is 14.2 Å². The average Bonchev–Trinajstić information content (AvgIpc) is 3.03. The molecular formula is C21H27NO4. The topological polar surface area (TPSA) is 57.1 Å². The molecule has 1 aromatic carbocycles. The van der Waals surface area contributed by atoms with Crippen molar-refractivity contribution in [2.75, 3.05) is 14.2 Å². The molecule has 140 valence electrons. The lowest BCUT2D eigenvalue weighted by Gasteiger charge is -2.27. The second kappa shape index (κ2) is 8.39. The summed E-state index contributed by atoms with van der Waals surface area (Å²) in [5.41, 5.74) is 1.18. The van der Waals surface area contributed by atoms with Crippen LogP contribution in [0.1, 0.15) is 51.0 Å². The standard InChI is InChI=1S/C21H27NO4/c1-4-5-14-6-9-16(10-7-14)20-22-17(21(23)26-20)12-15-8-11-18(24-2)19(13-15)25-3/h8,11-14,16H,4-7,9-10H2,1-3H3. The van der Waals surface area contributed by atoms with E-state index in [0.717, 1.165) is 24.3 Å². The second-order valence-corrected chi connectivity index (χ2v) is 6.99. The monoisotopic (exact) mass is 357 g/mol. The highest BCUT2D eigenvalue weighted by atomic mass is 16.6. The number of benzene rings is 1. The number of cyclic esters (lactones) is 1. The molecular weight excluding hydrogens is 330 g/mol. The zero-order valence-corrected chi connectivity index (χ0v) is 15.8. The maximum Gasteiger partial charge on any atom is 0.363 e. The van der Waals surface area contributed by atoms with E-state index in [0.29, 0.717) is 23.1 Å². The SMILES string of the molecule is CCCC1CCC(C2=NC(=Cc3ccc(OC)c(OC)c3)C(=O)O2)CC1. The van der Waals surface area contributed by atoms with Crippen LogP contribution in [0.2, 0.25) is 0 Å². The number of carbonyl (C=O) groups is 1. The van der Waals surface area contributed by atoms with Gasteiger partial charge in [0.15, 0.2) is 17.2 Å². The minimum absolute atomic E-state index is 0.267. The van der Waals surface area contributed by atoms with Crippen molar-refractivity contribution in [2.24, 2.45) is 16.8 Å². The molecule has 0 amide bonds. The molecule has 26 heavy (non-hydrogen) atoms. The molecule has 0 atom stereocenters. The maximum atomic E-state index is 12.2. The predicted molar refractivity (Wildman–Crippen MR) is 101 cm³/mol. The summed E-state index contributed by atoms with van der Waals surface area (Å²) in [4.78, 5) is 16.7. The molecule has 1 aliphatic carbocycles. The minimum atomic E-state index is -0.370. The molecule has 3 rings (SSSR count). The summed E-state index contributed by atoms with van der Waals surface area (Å²) in [5.74, 6) is 2.57. The molecule has 0 N–H and O–H groups in total. The van der Waals surface area contributed by atoms with E-state index >= 15 is 0 Å². The van der Waals surface area contributed by atoms with Crippen molar-refractivity contribution in [2.45, 2.75) is 45.4 Å². The molecule has 1 aliphatic heterocycles. The number of hydrogen-bond acceptors (Lipinski definition) is 5. The normalized spacial score (nSPS) is 24.3. The number of carbonyl (C=O) groups excluding carboxylic acids is 1. The zero-order chi connectivity index (χ0) is 18.5. The number of methoxy groups -OCH3 is 2. The number of hydrogen-bond donors (Lipinski definition) is 0. The molecule has 0 aromatic heterocycles. The van der Waals surface area contributed by atoms with Crippen LogP contribution in [0, 0.1) is 11.8 Å². The van der Waals surface area contributed by atoms with E-state index in [2.05, 4.69) is 11.9 Å². The largest absolute Gasteiger partial charge is 0.493 e. The quantitative estimate of drug-likeness (QED) is 0.551. The Balaban J connectivity index is 1.73. The Hall–Kier alpha value is -2.30. The Morgan fingerprint density at radius 1 is 1.15 bits per heavy atom. The highest BCUT2D eigenvalue weighted by molar-refractivity contribution is 6.07. The Bertz CT molecular complexity index is 715. The van der Waals surface area contributed by atoms with Crippen molar-refractivity contribution in [3.05, 3.63) is 29.5 Å². The summed E-state index contributed by atoms with van der Waals surface area (Å²) in [7, 11) is 3.18. The number of aliphatic imine (C=N–C) groups is 1. The Morgan fingerprint density at radius 3 is 2.54 bits per heavy atom. The fraction of sp³-hybridized carbons (Fsp3) is 0.524. The predicted octanol–water partition coefficient (Wildman–Crippen LogP) is 4.61. The zero-order valence-electron chi connectivity index (χ0n) is 15.8. The first kappa shape index (κ1) is 18.5. The average molecular weight is 357 g/mol. The number of nitrogens with zero attached hydrogens (tertiary/aromatic N) is 1. The Labute approximate surface area is 155 Å². The summed E-state index contributed by atoms with van der Waals surface area (Å²) in [6.45, 7) is 2.24. The summed E-state index contributed by atoms with van der Waals surface area (Å²) in [5, 5.41) is 0. The summed E-state index contributed by atoms with van der Waals surface area (Å²) >= 11 is 0. The molecule has 2 aliphatic rings. The van der Waals surface area contributed by atoms with Crippen LogP contribution in [0.3, 0.4) is 0 Å². The van der Waals surface area contributed by atoms with Gasteiger partial charge in [-0.05, 0) is 55.4 Å². The van der Waals surface area contributed by atoms with E-state index in [9.17, 15) is 4.79 Å². The van der Waals surface area contributed by atoms with Gasteiger partial charge in [-0.3, -0.25) is 0 Å². The van der Waals surface area contributed by atoms with Crippen molar-refractivity contribution in [1.29, 1.82) is 0 Å². The molecule has 0 spiro atoms. The Morgan fingerprint density at radius 2 is 1.88 bits per heavy atom. The van der Waals surface area contributed by atoms with E-state index in [1.807, 2.05) is 18.2 Å². The van der Waals surface area contributed by atoms with Gasteiger partial charge in [0.05, 0.1) is 14.2 Å². The van der Waals surface area contributed by atoms with Crippen LogP contribution in [0.4, 0.5) is 0 Å². The van der Waals surface area contributed by atoms with Gasteiger partial charge in [0.1, 0.15) is 0 Å². The second-order valence-electron chi connectivity index (χ2n) is 6.99. The highest BCUT2D eigenvalue weighted by Gasteiger charge is 2.32. The lowest BCUT2D eigenvalue weighted by atomic mass is 9.80. The molecule has 0 bridgehead atoms. The van der Waals surface area contributed by atoms with Gasteiger partial charge in [-0.1, -0.05) is 25.8 Å². The van der Waals surface area contributed by atoms with Crippen LogP contribution in [0.15, 0.2) is 28.9 Å². The molecule has 0 saturated heterocycles. The summed E-state index contributed by atoms with van der Waals surface area (Å²) in [6.07, 6.45) is 8.78. The van der Waals surface area contributed by atoms with Crippen LogP contribution in [-0.2, 0) is 9.53 Å². The number of ether oxygens (including phenoxy) is 3. The van der Waals surface area contributed by atoms with E-state index in [1.165, 1.54) is 25.7 Å². The van der Waals surface area contributed by atoms with Crippen molar-refractivity contribution >= 4 is 17.9 Å². The fourth-order valence-corrected chi connectivity index (χ4v) is 3.81. The van der Waals surface area contributed by atoms with Crippen molar-refractivity contribution in [3.63, 3.8) is 0 Å². The molecule has 1 aromatic rings. The summed E-state index contributed by atoms with van der Waals surface area (Å²) < 4.78 is 16.0. The number of esters is 1. The molecule has 0 unspecified atom stereocenters. The summed E-state index contributed by atoms with van der Waals surface area (Å²) in [6, 6.07) is 5.50. The molecule has 0 radical (unpaired) electrons. The first-order valence-corrected chi connectivity index (χ1v) is 9.39. The van der Waals surface area contributed by atoms with Crippen LogP contribution in [0.25, 0.3) is 6.08 Å². The van der Waals surface area contributed by atoms with E-state index in [1.54, 1.807) is 20.3 Å². The highest BCUT2D eigenvalue weighted by Crippen LogP contribution is 2.35. The van der Waals surface area contributed by atoms with Crippen molar-refractivity contribution < 1.29 is 19.0 Å². The van der Waals surface area contributed by atoms with E-state index in [4.69, 9.17) is 14.2 Å². The van der Waals surface area contributed by atoms with Gasteiger partial charge >= 0.3 is 5.97 Å². The van der Waals surface area contributed by atoms with Gasteiger partial charge in [-0.25, -0.2) is 9.79 Å². The fourth-order valence-electron chi connectivity index (χ4n) is 3.81. The first-order chi connectivity index (χ1) is 12.6. The lowest BCUT2D eigenvalue weighted by Crippen LogP contribution is -2.22. The van der Waals surface area contributed by atoms with Gasteiger partial charge in [-0.2, -0.15) is 0 Å². The Kier molecular flexibility index (Phi) is 5.96. The molecule has 1 heterocycles.